The smallest absolute Gasteiger partial charge is 0.263 e. The van der Waals surface area contributed by atoms with E-state index in [4.69, 9.17) is 9.15 Å². The Balaban J connectivity index is 1.35. The molecule has 0 radical (unpaired) electrons. The van der Waals surface area contributed by atoms with E-state index in [-0.39, 0.29) is 11.8 Å². The fraction of sp³-hybridized carbons (Fsp3) is 0.333. The maximum atomic E-state index is 12.7. The summed E-state index contributed by atoms with van der Waals surface area (Å²) < 4.78 is 12.7. The molecule has 0 bridgehead atoms. The molecule has 5 nitrogen and oxygen atoms in total. The lowest BCUT2D eigenvalue weighted by atomic mass is 9.96. The zero-order valence-electron chi connectivity index (χ0n) is 15.1. The minimum Gasteiger partial charge on any atom is -0.481 e. The number of ether oxygens (including phenoxy) is 1. The fourth-order valence-electron chi connectivity index (χ4n) is 3.44. The van der Waals surface area contributed by atoms with E-state index in [1.807, 2.05) is 53.4 Å². The number of piperidine rings is 1. The molecule has 0 N–H and O–H groups in total. The van der Waals surface area contributed by atoms with Gasteiger partial charge in [0.25, 0.3) is 5.91 Å². The number of aromatic nitrogens is 1. The molecule has 6 heteroatoms. The third kappa shape index (κ3) is 4.00. The minimum atomic E-state index is -0.507. The number of oxazole rings is 1. The number of carbonyl (C=O) groups is 1. The van der Waals surface area contributed by atoms with Crippen LogP contribution < -0.4 is 4.74 Å². The van der Waals surface area contributed by atoms with Gasteiger partial charge >= 0.3 is 0 Å². The molecule has 1 aliphatic heterocycles. The van der Waals surface area contributed by atoms with Crippen molar-refractivity contribution in [3.8, 4) is 5.75 Å². The van der Waals surface area contributed by atoms with Crippen LogP contribution in [0.3, 0.4) is 0 Å². The molecule has 2 aromatic carbocycles. The normalized spacial score (nSPS) is 16.4. The first-order chi connectivity index (χ1) is 13.1. The van der Waals surface area contributed by atoms with Crippen LogP contribution in [-0.4, -0.2) is 35.0 Å². The lowest BCUT2D eigenvalue weighted by Crippen LogP contribution is -2.44. The first-order valence-electron chi connectivity index (χ1n) is 9.16. The lowest BCUT2D eigenvalue weighted by molar-refractivity contribution is -0.139. The highest BCUT2D eigenvalue weighted by Gasteiger charge is 2.29. The van der Waals surface area contributed by atoms with Gasteiger partial charge in [0.2, 0.25) is 0 Å². The van der Waals surface area contributed by atoms with Gasteiger partial charge in [-0.2, -0.15) is 0 Å². The Labute approximate surface area is 166 Å². The van der Waals surface area contributed by atoms with E-state index in [0.717, 1.165) is 34.3 Å². The molecule has 4 rings (SSSR count). The Kier molecular flexibility index (Phi) is 5.16. The van der Waals surface area contributed by atoms with E-state index in [1.165, 1.54) is 0 Å². The Morgan fingerprint density at radius 3 is 2.59 bits per heavy atom. The van der Waals surface area contributed by atoms with Gasteiger partial charge in [0.05, 0.1) is 0 Å². The summed E-state index contributed by atoms with van der Waals surface area (Å²) in [5, 5.41) is 0. The predicted molar refractivity (Wildman–Crippen MR) is 107 cm³/mol. The van der Waals surface area contributed by atoms with Crippen molar-refractivity contribution in [3.63, 3.8) is 0 Å². The summed E-state index contributed by atoms with van der Waals surface area (Å²) in [6.45, 7) is 3.18. The van der Waals surface area contributed by atoms with Crippen molar-refractivity contribution in [1.29, 1.82) is 0 Å². The van der Waals surface area contributed by atoms with Crippen molar-refractivity contribution in [2.45, 2.75) is 31.8 Å². The Morgan fingerprint density at radius 2 is 1.89 bits per heavy atom. The molecule has 2 heterocycles. The monoisotopic (exact) mass is 428 g/mol. The van der Waals surface area contributed by atoms with E-state index >= 15 is 0 Å². The first-order valence-corrected chi connectivity index (χ1v) is 9.96. The summed E-state index contributed by atoms with van der Waals surface area (Å²) in [7, 11) is 0. The minimum absolute atomic E-state index is 0.0222. The topological polar surface area (TPSA) is 55.6 Å². The van der Waals surface area contributed by atoms with Gasteiger partial charge in [0, 0.05) is 23.5 Å². The van der Waals surface area contributed by atoms with E-state index < -0.39 is 6.10 Å². The number of hydrogen-bond acceptors (Lipinski definition) is 4. The predicted octanol–water partition coefficient (Wildman–Crippen LogP) is 4.76. The van der Waals surface area contributed by atoms with Gasteiger partial charge in [-0.05, 0) is 56.2 Å². The van der Waals surface area contributed by atoms with Crippen LogP contribution in [0.15, 0.2) is 57.4 Å². The summed E-state index contributed by atoms with van der Waals surface area (Å²) in [5.41, 5.74) is 1.71. The number of fused-ring (bicyclic) bond motifs is 1. The number of para-hydroxylation sites is 2. The summed E-state index contributed by atoms with van der Waals surface area (Å²) in [6, 6.07) is 15.3. The quantitative estimate of drug-likeness (QED) is 0.600. The van der Waals surface area contributed by atoms with E-state index in [2.05, 4.69) is 20.9 Å². The van der Waals surface area contributed by atoms with Crippen LogP contribution in [0.2, 0.25) is 0 Å². The third-order valence-corrected chi connectivity index (χ3v) is 5.47. The van der Waals surface area contributed by atoms with Crippen LogP contribution in [0.1, 0.15) is 31.6 Å². The average molecular weight is 429 g/mol. The Bertz CT molecular complexity index is 897. The number of nitrogens with zero attached hydrogens (tertiary/aromatic N) is 2. The molecule has 1 amide bonds. The van der Waals surface area contributed by atoms with Crippen molar-refractivity contribution >= 4 is 32.9 Å². The highest BCUT2D eigenvalue weighted by atomic mass is 79.9. The van der Waals surface area contributed by atoms with Crippen molar-refractivity contribution < 1.29 is 13.9 Å². The van der Waals surface area contributed by atoms with E-state index in [0.29, 0.717) is 18.8 Å². The van der Waals surface area contributed by atoms with Crippen LogP contribution in [0.4, 0.5) is 0 Å². The van der Waals surface area contributed by atoms with Gasteiger partial charge in [0.15, 0.2) is 17.6 Å². The molecule has 1 atom stereocenters. The molecular weight excluding hydrogens is 408 g/mol. The number of benzene rings is 2. The van der Waals surface area contributed by atoms with Crippen molar-refractivity contribution in [1.82, 2.24) is 9.88 Å². The molecule has 1 unspecified atom stereocenters. The highest BCUT2D eigenvalue weighted by Crippen LogP contribution is 2.30. The first kappa shape index (κ1) is 18.0. The summed E-state index contributed by atoms with van der Waals surface area (Å²) in [6.07, 6.45) is 1.19. The van der Waals surface area contributed by atoms with Gasteiger partial charge in [-0.25, -0.2) is 4.98 Å². The van der Waals surface area contributed by atoms with Gasteiger partial charge < -0.3 is 14.1 Å². The maximum Gasteiger partial charge on any atom is 0.263 e. The zero-order chi connectivity index (χ0) is 18.8. The molecule has 1 aromatic heterocycles. The Hall–Kier alpha value is -2.34. The van der Waals surface area contributed by atoms with Crippen LogP contribution in [0.5, 0.6) is 5.75 Å². The van der Waals surface area contributed by atoms with Gasteiger partial charge in [-0.3, -0.25) is 4.79 Å². The highest BCUT2D eigenvalue weighted by molar-refractivity contribution is 9.10. The second-order valence-corrected chi connectivity index (χ2v) is 7.75. The largest absolute Gasteiger partial charge is 0.481 e. The molecule has 3 aromatic rings. The second-order valence-electron chi connectivity index (χ2n) is 6.83. The third-order valence-electron chi connectivity index (χ3n) is 4.94. The van der Waals surface area contributed by atoms with Crippen LogP contribution in [-0.2, 0) is 4.79 Å². The molecule has 0 saturated carbocycles. The van der Waals surface area contributed by atoms with Gasteiger partial charge in [-0.1, -0.05) is 28.1 Å². The summed E-state index contributed by atoms with van der Waals surface area (Å²) in [4.78, 5) is 19.2. The molecule has 1 aliphatic rings. The number of likely N-dealkylation sites (tertiary alicyclic amines) is 1. The maximum absolute atomic E-state index is 12.7. The zero-order valence-corrected chi connectivity index (χ0v) is 16.7. The van der Waals surface area contributed by atoms with Crippen molar-refractivity contribution in [2.24, 2.45) is 0 Å². The van der Waals surface area contributed by atoms with Crippen LogP contribution in [0.25, 0.3) is 11.1 Å². The number of amides is 1. The number of carbonyl (C=O) groups excluding carboxylic acids is 1. The van der Waals surface area contributed by atoms with Crippen LogP contribution in [0, 0.1) is 0 Å². The van der Waals surface area contributed by atoms with Crippen LogP contribution >= 0.6 is 15.9 Å². The van der Waals surface area contributed by atoms with Crippen molar-refractivity contribution in [3.05, 3.63) is 58.9 Å². The lowest BCUT2D eigenvalue weighted by Gasteiger charge is -2.32. The van der Waals surface area contributed by atoms with E-state index in [1.54, 1.807) is 6.92 Å². The Morgan fingerprint density at radius 1 is 1.19 bits per heavy atom. The second kappa shape index (κ2) is 7.72. The molecular formula is C21H21BrN2O3. The molecule has 27 heavy (non-hydrogen) atoms. The molecule has 1 saturated heterocycles. The number of hydrogen-bond donors (Lipinski definition) is 0. The van der Waals surface area contributed by atoms with Gasteiger partial charge in [-0.15, -0.1) is 0 Å². The fourth-order valence-corrected chi connectivity index (χ4v) is 3.70. The van der Waals surface area contributed by atoms with E-state index in [9.17, 15) is 4.79 Å². The summed E-state index contributed by atoms with van der Waals surface area (Å²) in [5.74, 6) is 1.75. The van der Waals surface area contributed by atoms with Crippen molar-refractivity contribution in [2.75, 3.05) is 13.1 Å². The number of halogens is 1. The van der Waals surface area contributed by atoms with Gasteiger partial charge in [0.1, 0.15) is 11.3 Å². The molecule has 140 valence electrons. The summed E-state index contributed by atoms with van der Waals surface area (Å²) >= 11 is 3.40. The molecule has 0 aliphatic carbocycles. The average Bonchev–Trinajstić information content (AvgIpc) is 3.13. The SMILES string of the molecule is CC(Oc1ccc(Br)cc1)C(=O)N1CCC(c2nc3ccccc3o2)CC1. The molecule has 0 spiro atoms. The molecule has 1 fully saturated rings. The number of rotatable bonds is 4. The standard InChI is InChI=1S/C21H21BrN2O3/c1-14(26-17-8-6-16(22)7-9-17)21(25)24-12-10-15(11-13-24)20-23-18-4-2-3-5-19(18)27-20/h2-9,14-15H,10-13H2,1H3.